The van der Waals surface area contributed by atoms with Crippen LogP contribution in [0.25, 0.3) is 0 Å². The van der Waals surface area contributed by atoms with Gasteiger partial charge in [0.05, 0.1) is 6.54 Å². The third-order valence-electron chi connectivity index (χ3n) is 4.41. The molecule has 0 bridgehead atoms. The van der Waals surface area contributed by atoms with Crippen molar-refractivity contribution in [3.63, 3.8) is 0 Å². The van der Waals surface area contributed by atoms with Crippen molar-refractivity contribution in [2.45, 2.75) is 40.2 Å². The molecule has 0 radical (unpaired) electrons. The van der Waals surface area contributed by atoms with Crippen LogP contribution >= 0.6 is 0 Å². The van der Waals surface area contributed by atoms with Gasteiger partial charge < -0.3 is 0 Å². The number of ketones is 1. The summed E-state index contributed by atoms with van der Waals surface area (Å²) in [6, 6.07) is 8.42. The molecule has 1 fully saturated rings. The van der Waals surface area contributed by atoms with Crippen LogP contribution in [0.4, 0.5) is 0 Å². The standard InChI is InChI=1S/C17H25NO/c1-12-6-5-7-16(9-12)17(19)11-18-10-13(2)8-14(3)15(18)4/h5-7,9,13-15H,8,10-11H2,1-4H3. The molecule has 0 saturated carbocycles. The molecule has 2 rings (SSSR count). The lowest BCUT2D eigenvalue weighted by molar-refractivity contribution is 0.0650. The van der Waals surface area contributed by atoms with E-state index in [1.807, 2.05) is 31.2 Å². The molecule has 1 aromatic carbocycles. The summed E-state index contributed by atoms with van der Waals surface area (Å²) in [4.78, 5) is 14.7. The van der Waals surface area contributed by atoms with E-state index in [4.69, 9.17) is 0 Å². The van der Waals surface area contributed by atoms with Crippen LogP contribution in [0.2, 0.25) is 0 Å². The quantitative estimate of drug-likeness (QED) is 0.774. The molecule has 2 heteroatoms. The van der Waals surface area contributed by atoms with E-state index in [1.165, 1.54) is 6.42 Å². The zero-order valence-electron chi connectivity index (χ0n) is 12.5. The maximum Gasteiger partial charge on any atom is 0.176 e. The monoisotopic (exact) mass is 259 g/mol. The van der Waals surface area contributed by atoms with E-state index in [0.717, 1.165) is 17.7 Å². The fraction of sp³-hybridized carbons (Fsp3) is 0.588. The summed E-state index contributed by atoms with van der Waals surface area (Å²) in [7, 11) is 0. The van der Waals surface area contributed by atoms with Crippen molar-refractivity contribution in [3.8, 4) is 0 Å². The van der Waals surface area contributed by atoms with Gasteiger partial charge in [-0.3, -0.25) is 9.69 Å². The van der Waals surface area contributed by atoms with E-state index in [2.05, 4.69) is 25.7 Å². The predicted molar refractivity (Wildman–Crippen MR) is 79.5 cm³/mol. The average molecular weight is 259 g/mol. The molecule has 1 heterocycles. The third-order valence-corrected chi connectivity index (χ3v) is 4.41. The molecule has 0 aromatic heterocycles. The molecule has 0 N–H and O–H groups in total. The molecule has 0 amide bonds. The molecule has 2 nitrogen and oxygen atoms in total. The molecule has 1 aromatic rings. The number of likely N-dealkylation sites (tertiary alicyclic amines) is 1. The largest absolute Gasteiger partial charge is 0.293 e. The van der Waals surface area contributed by atoms with Crippen molar-refractivity contribution in [3.05, 3.63) is 35.4 Å². The summed E-state index contributed by atoms with van der Waals surface area (Å²) in [5.74, 6) is 1.61. The minimum absolute atomic E-state index is 0.247. The van der Waals surface area contributed by atoms with Crippen LogP contribution in [0, 0.1) is 18.8 Å². The zero-order chi connectivity index (χ0) is 14.0. The van der Waals surface area contributed by atoms with Crippen LogP contribution in [-0.2, 0) is 0 Å². The van der Waals surface area contributed by atoms with Gasteiger partial charge in [0.25, 0.3) is 0 Å². The highest BCUT2D eigenvalue weighted by atomic mass is 16.1. The number of rotatable bonds is 3. The van der Waals surface area contributed by atoms with Crippen LogP contribution in [0.15, 0.2) is 24.3 Å². The summed E-state index contributed by atoms with van der Waals surface area (Å²) in [6.07, 6.45) is 1.27. The van der Waals surface area contributed by atoms with Crippen molar-refractivity contribution in [1.29, 1.82) is 0 Å². The fourth-order valence-corrected chi connectivity index (χ4v) is 3.14. The Balaban J connectivity index is 2.05. The van der Waals surface area contributed by atoms with E-state index in [0.29, 0.717) is 24.4 Å². The molecule has 0 spiro atoms. The lowest BCUT2D eigenvalue weighted by Gasteiger charge is -2.40. The highest BCUT2D eigenvalue weighted by Crippen LogP contribution is 2.26. The van der Waals surface area contributed by atoms with Gasteiger partial charge in [0.1, 0.15) is 0 Å². The van der Waals surface area contributed by atoms with Gasteiger partial charge in [0, 0.05) is 18.2 Å². The molecular formula is C17H25NO. The molecule has 3 unspecified atom stereocenters. The van der Waals surface area contributed by atoms with Gasteiger partial charge in [-0.1, -0.05) is 37.6 Å². The van der Waals surface area contributed by atoms with Crippen LogP contribution in [-0.4, -0.2) is 29.8 Å². The Kier molecular flexibility index (Phi) is 4.41. The van der Waals surface area contributed by atoms with Crippen LogP contribution in [0.3, 0.4) is 0 Å². The van der Waals surface area contributed by atoms with Crippen molar-refractivity contribution in [1.82, 2.24) is 4.90 Å². The summed E-state index contributed by atoms with van der Waals surface area (Å²) in [5, 5.41) is 0. The van der Waals surface area contributed by atoms with Crippen molar-refractivity contribution in [2.75, 3.05) is 13.1 Å². The highest BCUT2D eigenvalue weighted by molar-refractivity contribution is 5.97. The van der Waals surface area contributed by atoms with Gasteiger partial charge in [-0.25, -0.2) is 0 Å². The van der Waals surface area contributed by atoms with Gasteiger partial charge in [-0.15, -0.1) is 0 Å². The molecule has 19 heavy (non-hydrogen) atoms. The second-order valence-corrected chi connectivity index (χ2v) is 6.28. The number of carbonyl (C=O) groups is 1. The molecule has 1 aliphatic rings. The average Bonchev–Trinajstić information content (AvgIpc) is 2.35. The second-order valence-electron chi connectivity index (χ2n) is 6.28. The van der Waals surface area contributed by atoms with Crippen molar-refractivity contribution < 1.29 is 4.79 Å². The summed E-state index contributed by atoms with van der Waals surface area (Å²) in [5.41, 5.74) is 2.00. The van der Waals surface area contributed by atoms with E-state index < -0.39 is 0 Å². The van der Waals surface area contributed by atoms with Crippen molar-refractivity contribution in [2.24, 2.45) is 11.8 Å². The van der Waals surface area contributed by atoms with E-state index in [-0.39, 0.29) is 5.78 Å². The number of piperidine rings is 1. The molecular weight excluding hydrogens is 234 g/mol. The van der Waals surface area contributed by atoms with Crippen LogP contribution in [0.1, 0.15) is 43.1 Å². The van der Waals surface area contributed by atoms with E-state index in [9.17, 15) is 4.79 Å². The van der Waals surface area contributed by atoms with Gasteiger partial charge in [0.2, 0.25) is 0 Å². The number of aryl methyl sites for hydroxylation is 1. The number of carbonyl (C=O) groups excluding carboxylic acids is 1. The first-order valence-corrected chi connectivity index (χ1v) is 7.31. The first kappa shape index (κ1) is 14.3. The lowest BCUT2D eigenvalue weighted by Crippen LogP contribution is -2.47. The lowest BCUT2D eigenvalue weighted by atomic mass is 9.86. The number of nitrogens with zero attached hydrogens (tertiary/aromatic N) is 1. The van der Waals surface area contributed by atoms with Gasteiger partial charge in [-0.05, 0) is 38.2 Å². The van der Waals surface area contributed by atoms with Crippen molar-refractivity contribution >= 4 is 5.78 Å². The second kappa shape index (κ2) is 5.87. The number of benzene rings is 1. The maximum absolute atomic E-state index is 12.4. The summed E-state index contributed by atoms with van der Waals surface area (Å²) < 4.78 is 0. The van der Waals surface area contributed by atoms with Gasteiger partial charge in [0.15, 0.2) is 5.78 Å². The summed E-state index contributed by atoms with van der Waals surface area (Å²) >= 11 is 0. The highest BCUT2D eigenvalue weighted by Gasteiger charge is 2.29. The van der Waals surface area contributed by atoms with Crippen LogP contribution < -0.4 is 0 Å². The fourth-order valence-electron chi connectivity index (χ4n) is 3.14. The Morgan fingerprint density at radius 1 is 1.32 bits per heavy atom. The third kappa shape index (κ3) is 3.44. The first-order chi connectivity index (χ1) is 8.97. The van der Waals surface area contributed by atoms with E-state index in [1.54, 1.807) is 0 Å². The Bertz CT molecular complexity index is 454. The number of hydrogen-bond acceptors (Lipinski definition) is 2. The Morgan fingerprint density at radius 2 is 2.05 bits per heavy atom. The molecule has 3 atom stereocenters. The van der Waals surface area contributed by atoms with Gasteiger partial charge in [-0.2, -0.15) is 0 Å². The number of hydrogen-bond donors (Lipinski definition) is 0. The minimum Gasteiger partial charge on any atom is -0.293 e. The summed E-state index contributed by atoms with van der Waals surface area (Å²) in [6.45, 7) is 10.5. The molecule has 1 saturated heterocycles. The van der Waals surface area contributed by atoms with Gasteiger partial charge >= 0.3 is 0 Å². The smallest absolute Gasteiger partial charge is 0.176 e. The molecule has 0 aliphatic carbocycles. The topological polar surface area (TPSA) is 20.3 Å². The Hall–Kier alpha value is -1.15. The normalized spacial score (nSPS) is 28.3. The van der Waals surface area contributed by atoms with Crippen LogP contribution in [0.5, 0.6) is 0 Å². The number of Topliss-reactive ketones (excluding diaryl/α,β-unsaturated/α-hetero) is 1. The Labute approximate surface area is 116 Å². The predicted octanol–water partition coefficient (Wildman–Crippen LogP) is 3.54. The Morgan fingerprint density at radius 3 is 2.74 bits per heavy atom. The molecule has 104 valence electrons. The SMILES string of the molecule is Cc1cccc(C(=O)CN2CC(C)CC(C)C2C)c1. The van der Waals surface area contributed by atoms with E-state index >= 15 is 0 Å². The maximum atomic E-state index is 12.4. The zero-order valence-corrected chi connectivity index (χ0v) is 12.5. The minimum atomic E-state index is 0.247. The molecule has 1 aliphatic heterocycles. The first-order valence-electron chi connectivity index (χ1n) is 7.31.